The minimum absolute atomic E-state index is 0.0218. The van der Waals surface area contributed by atoms with Gasteiger partial charge >= 0.3 is 0 Å². The number of hydrogen-bond acceptors (Lipinski definition) is 6. The molecule has 0 bridgehead atoms. The molecule has 3 aromatic rings. The maximum atomic E-state index is 12.6. The standard InChI is InChI=1S/C21H18N2O5/c1-12(24)15-8-18-19(27-11-26-18)9-17(15)22-20(25)10-16-13(2)28-21(23-16)14-6-4-3-5-7-14/h3-9H,10-11H2,1-2H3,(H,22,25). The zero-order valence-electron chi connectivity index (χ0n) is 15.4. The van der Waals surface area contributed by atoms with Crippen LogP contribution in [0, 0.1) is 6.92 Å². The summed E-state index contributed by atoms with van der Waals surface area (Å²) in [4.78, 5) is 29.0. The van der Waals surface area contributed by atoms with Gasteiger partial charge in [0.2, 0.25) is 18.6 Å². The first-order valence-electron chi connectivity index (χ1n) is 8.77. The lowest BCUT2D eigenvalue weighted by molar-refractivity contribution is -0.115. The minimum Gasteiger partial charge on any atom is -0.454 e. The number of aromatic nitrogens is 1. The molecule has 4 rings (SSSR count). The number of anilines is 1. The Kier molecular flexibility index (Phi) is 4.57. The van der Waals surface area contributed by atoms with Crippen LogP contribution in [0.5, 0.6) is 11.5 Å². The van der Waals surface area contributed by atoms with E-state index >= 15 is 0 Å². The lowest BCUT2D eigenvalue weighted by Gasteiger charge is -2.10. The second-order valence-corrected chi connectivity index (χ2v) is 6.42. The maximum Gasteiger partial charge on any atom is 0.231 e. The van der Waals surface area contributed by atoms with E-state index in [2.05, 4.69) is 10.3 Å². The molecular weight excluding hydrogens is 360 g/mol. The molecule has 0 saturated heterocycles. The Morgan fingerprint density at radius 2 is 1.82 bits per heavy atom. The summed E-state index contributed by atoms with van der Waals surface area (Å²) in [6.07, 6.45) is 0.0218. The van der Waals surface area contributed by atoms with Crippen molar-refractivity contribution >= 4 is 17.4 Å². The normalized spacial score (nSPS) is 12.1. The van der Waals surface area contributed by atoms with E-state index in [-0.39, 0.29) is 24.9 Å². The van der Waals surface area contributed by atoms with Gasteiger partial charge in [0, 0.05) is 17.2 Å². The number of ketones is 1. The molecule has 1 N–H and O–H groups in total. The van der Waals surface area contributed by atoms with Crippen LogP contribution in [-0.4, -0.2) is 23.5 Å². The number of nitrogens with zero attached hydrogens (tertiary/aromatic N) is 1. The third kappa shape index (κ3) is 3.46. The quantitative estimate of drug-likeness (QED) is 0.680. The van der Waals surface area contributed by atoms with E-state index in [9.17, 15) is 9.59 Å². The van der Waals surface area contributed by atoms with Crippen LogP contribution in [-0.2, 0) is 11.2 Å². The summed E-state index contributed by atoms with van der Waals surface area (Å²) in [5.74, 6) is 1.53. The minimum atomic E-state index is -0.308. The molecule has 7 nitrogen and oxygen atoms in total. The average molecular weight is 378 g/mol. The predicted octanol–water partition coefficient (Wildman–Crippen LogP) is 3.76. The summed E-state index contributed by atoms with van der Waals surface area (Å²) < 4.78 is 16.3. The lowest BCUT2D eigenvalue weighted by atomic mass is 10.1. The Morgan fingerprint density at radius 3 is 2.54 bits per heavy atom. The molecule has 7 heteroatoms. The zero-order valence-corrected chi connectivity index (χ0v) is 15.4. The Labute approximate surface area is 161 Å². The molecule has 1 aromatic heterocycles. The topological polar surface area (TPSA) is 90.7 Å². The molecule has 0 atom stereocenters. The van der Waals surface area contributed by atoms with Crippen molar-refractivity contribution in [2.45, 2.75) is 20.3 Å². The molecule has 1 aliphatic heterocycles. The van der Waals surface area contributed by atoms with Crippen molar-refractivity contribution in [1.82, 2.24) is 4.98 Å². The van der Waals surface area contributed by atoms with Crippen LogP contribution in [0.3, 0.4) is 0 Å². The Morgan fingerprint density at radius 1 is 1.11 bits per heavy atom. The molecule has 0 aliphatic carbocycles. The third-order valence-corrected chi connectivity index (χ3v) is 4.41. The average Bonchev–Trinajstić information content (AvgIpc) is 3.28. The molecule has 28 heavy (non-hydrogen) atoms. The van der Waals surface area contributed by atoms with E-state index in [1.165, 1.54) is 6.92 Å². The van der Waals surface area contributed by atoms with Gasteiger partial charge in [-0.05, 0) is 32.0 Å². The second kappa shape index (κ2) is 7.19. The molecule has 1 amide bonds. The van der Waals surface area contributed by atoms with Gasteiger partial charge < -0.3 is 19.2 Å². The van der Waals surface area contributed by atoms with Crippen molar-refractivity contribution in [2.24, 2.45) is 0 Å². The van der Waals surface area contributed by atoms with E-state index in [1.54, 1.807) is 19.1 Å². The molecular formula is C21H18N2O5. The van der Waals surface area contributed by atoms with Gasteiger partial charge in [-0.2, -0.15) is 0 Å². The monoisotopic (exact) mass is 378 g/mol. The summed E-state index contributed by atoms with van der Waals surface area (Å²) in [7, 11) is 0. The molecule has 0 saturated carbocycles. The van der Waals surface area contributed by atoms with Gasteiger partial charge in [-0.1, -0.05) is 18.2 Å². The van der Waals surface area contributed by atoms with Crippen LogP contribution in [0.25, 0.3) is 11.5 Å². The molecule has 142 valence electrons. The number of oxazole rings is 1. The molecule has 0 unspecified atom stereocenters. The van der Waals surface area contributed by atoms with Crippen molar-refractivity contribution in [1.29, 1.82) is 0 Å². The Balaban J connectivity index is 1.54. The second-order valence-electron chi connectivity index (χ2n) is 6.42. The largest absolute Gasteiger partial charge is 0.454 e. The summed E-state index contributed by atoms with van der Waals surface area (Å²) in [6.45, 7) is 3.29. The van der Waals surface area contributed by atoms with E-state index in [4.69, 9.17) is 13.9 Å². The molecule has 0 radical (unpaired) electrons. The number of carbonyl (C=O) groups is 2. The van der Waals surface area contributed by atoms with Crippen LogP contribution in [0.2, 0.25) is 0 Å². The van der Waals surface area contributed by atoms with E-state index < -0.39 is 0 Å². The maximum absolute atomic E-state index is 12.6. The van der Waals surface area contributed by atoms with E-state index in [1.807, 2.05) is 30.3 Å². The van der Waals surface area contributed by atoms with Crippen molar-refractivity contribution in [3.63, 3.8) is 0 Å². The number of hydrogen-bond donors (Lipinski definition) is 1. The number of amides is 1. The van der Waals surface area contributed by atoms with Gasteiger partial charge in [0.25, 0.3) is 0 Å². The predicted molar refractivity (Wildman–Crippen MR) is 102 cm³/mol. The highest BCUT2D eigenvalue weighted by Gasteiger charge is 2.21. The van der Waals surface area contributed by atoms with Crippen LogP contribution in [0.15, 0.2) is 46.9 Å². The van der Waals surface area contributed by atoms with Gasteiger partial charge in [-0.25, -0.2) is 4.98 Å². The number of Topliss-reactive ketones (excluding diaryl/α,β-unsaturated/α-hetero) is 1. The molecule has 0 fully saturated rings. The van der Waals surface area contributed by atoms with Crippen LogP contribution >= 0.6 is 0 Å². The van der Waals surface area contributed by atoms with Crippen molar-refractivity contribution in [2.75, 3.05) is 12.1 Å². The molecule has 1 aliphatic rings. The number of rotatable bonds is 5. The van der Waals surface area contributed by atoms with Crippen molar-refractivity contribution in [3.8, 4) is 23.0 Å². The highest BCUT2D eigenvalue weighted by Crippen LogP contribution is 2.37. The number of nitrogens with one attached hydrogen (secondary N) is 1. The first-order valence-corrected chi connectivity index (χ1v) is 8.77. The van der Waals surface area contributed by atoms with Crippen molar-refractivity contribution < 1.29 is 23.5 Å². The first kappa shape index (κ1) is 17.8. The van der Waals surface area contributed by atoms with Gasteiger partial charge in [0.05, 0.1) is 17.8 Å². The number of ether oxygens (including phenoxy) is 2. The molecule has 2 aromatic carbocycles. The molecule has 0 spiro atoms. The summed E-state index contributed by atoms with van der Waals surface area (Å²) in [5.41, 5.74) is 2.12. The number of carbonyl (C=O) groups excluding carboxylic acids is 2. The summed E-state index contributed by atoms with van der Waals surface area (Å²) in [6, 6.07) is 12.7. The van der Waals surface area contributed by atoms with Crippen LogP contribution in [0.1, 0.15) is 28.7 Å². The Bertz CT molecular complexity index is 1060. The third-order valence-electron chi connectivity index (χ3n) is 4.41. The summed E-state index contributed by atoms with van der Waals surface area (Å²) in [5, 5.41) is 2.77. The van der Waals surface area contributed by atoms with Crippen LogP contribution < -0.4 is 14.8 Å². The highest BCUT2D eigenvalue weighted by atomic mass is 16.7. The van der Waals surface area contributed by atoms with E-state index in [0.29, 0.717) is 40.1 Å². The van der Waals surface area contributed by atoms with Gasteiger partial charge in [-0.15, -0.1) is 0 Å². The van der Waals surface area contributed by atoms with E-state index in [0.717, 1.165) is 5.56 Å². The fourth-order valence-electron chi connectivity index (χ4n) is 2.98. The number of fused-ring (bicyclic) bond motifs is 1. The first-order chi connectivity index (χ1) is 13.5. The lowest BCUT2D eigenvalue weighted by Crippen LogP contribution is -2.17. The summed E-state index contributed by atoms with van der Waals surface area (Å²) >= 11 is 0. The SMILES string of the molecule is CC(=O)c1cc2c(cc1NC(=O)Cc1nc(-c3ccccc3)oc1C)OCO2. The van der Waals surface area contributed by atoms with Gasteiger partial charge in [0.15, 0.2) is 17.3 Å². The van der Waals surface area contributed by atoms with Crippen LogP contribution in [0.4, 0.5) is 5.69 Å². The smallest absolute Gasteiger partial charge is 0.231 e. The van der Waals surface area contributed by atoms with Gasteiger partial charge in [0.1, 0.15) is 5.76 Å². The Hall–Kier alpha value is -3.61. The molecule has 2 heterocycles. The fraction of sp³-hybridized carbons (Fsp3) is 0.190. The highest BCUT2D eigenvalue weighted by molar-refractivity contribution is 6.04. The number of aryl methyl sites for hydroxylation is 1. The zero-order chi connectivity index (χ0) is 19.7. The fourth-order valence-corrected chi connectivity index (χ4v) is 2.98. The van der Waals surface area contributed by atoms with Crippen molar-refractivity contribution in [3.05, 3.63) is 59.5 Å². The number of benzene rings is 2. The van der Waals surface area contributed by atoms with Gasteiger partial charge in [-0.3, -0.25) is 9.59 Å².